The third-order valence-electron chi connectivity index (χ3n) is 2.48. The number of anilines is 2. The summed E-state index contributed by atoms with van der Waals surface area (Å²) in [6, 6.07) is 9.19. The first kappa shape index (κ1) is 14.2. The van der Waals surface area contributed by atoms with E-state index in [1.807, 2.05) is 25.1 Å². The molecule has 98 valence electrons. The molecule has 2 rings (SSSR count). The molecule has 0 spiro atoms. The van der Waals surface area contributed by atoms with E-state index < -0.39 is 0 Å². The fourth-order valence-corrected chi connectivity index (χ4v) is 2.52. The number of benzene rings is 1. The number of nitrogens with one attached hydrogen (secondary N) is 1. The minimum Gasteiger partial charge on any atom is -0.389 e. The summed E-state index contributed by atoms with van der Waals surface area (Å²) in [6.45, 7) is 1.91. The molecule has 3 N–H and O–H groups in total. The number of nitrogens with two attached hydrogens (primary N) is 1. The van der Waals surface area contributed by atoms with Gasteiger partial charge in [-0.1, -0.05) is 23.8 Å². The van der Waals surface area contributed by atoms with Gasteiger partial charge in [-0.15, -0.1) is 0 Å². The quantitative estimate of drug-likeness (QED) is 0.810. The van der Waals surface area contributed by atoms with Gasteiger partial charge < -0.3 is 11.1 Å². The molecule has 0 saturated carbocycles. The van der Waals surface area contributed by atoms with Crippen LogP contribution < -0.4 is 11.1 Å². The second kappa shape index (κ2) is 5.86. The van der Waals surface area contributed by atoms with Crippen LogP contribution in [0, 0.1) is 6.92 Å². The molecule has 0 bridgehead atoms. The van der Waals surface area contributed by atoms with Crippen LogP contribution in [0.1, 0.15) is 11.3 Å². The van der Waals surface area contributed by atoms with Crippen molar-refractivity contribution in [3.63, 3.8) is 0 Å². The highest BCUT2D eigenvalue weighted by Crippen LogP contribution is 2.29. The Labute approximate surface area is 130 Å². The number of hydrogen-bond acceptors (Lipinski definition) is 3. The summed E-state index contributed by atoms with van der Waals surface area (Å²) >= 11 is 14.4. The maximum atomic E-state index is 5.91. The van der Waals surface area contributed by atoms with Gasteiger partial charge in [0.05, 0.1) is 11.3 Å². The van der Waals surface area contributed by atoms with E-state index in [2.05, 4.69) is 26.2 Å². The van der Waals surface area contributed by atoms with Crippen molar-refractivity contribution in [2.45, 2.75) is 6.92 Å². The molecule has 1 aromatic carbocycles. The second-order valence-corrected chi connectivity index (χ2v) is 5.69. The van der Waals surface area contributed by atoms with Gasteiger partial charge in [0, 0.05) is 15.2 Å². The molecule has 0 aliphatic carbocycles. The molecule has 19 heavy (non-hydrogen) atoms. The Bertz CT molecular complexity index is 646. The lowest BCUT2D eigenvalue weighted by atomic mass is 10.2. The minimum atomic E-state index is 0.306. The molecular weight excluding hydrogens is 346 g/mol. The summed E-state index contributed by atoms with van der Waals surface area (Å²) in [5, 5.41) is 3.86. The van der Waals surface area contributed by atoms with Crippen LogP contribution in [-0.2, 0) is 0 Å². The van der Waals surface area contributed by atoms with Crippen LogP contribution >= 0.6 is 39.7 Å². The topological polar surface area (TPSA) is 50.9 Å². The number of rotatable bonds is 3. The van der Waals surface area contributed by atoms with E-state index >= 15 is 0 Å². The monoisotopic (exact) mass is 355 g/mol. The average Bonchev–Trinajstić information content (AvgIpc) is 2.32. The number of aromatic nitrogens is 1. The van der Waals surface area contributed by atoms with Gasteiger partial charge in [-0.2, -0.15) is 0 Å². The molecule has 2 aromatic rings. The van der Waals surface area contributed by atoms with Crippen molar-refractivity contribution in [2.75, 3.05) is 5.32 Å². The van der Waals surface area contributed by atoms with Crippen LogP contribution in [0.3, 0.4) is 0 Å². The molecule has 0 saturated heterocycles. The van der Waals surface area contributed by atoms with Gasteiger partial charge in [-0.25, -0.2) is 4.98 Å². The van der Waals surface area contributed by atoms with Crippen molar-refractivity contribution < 1.29 is 0 Å². The zero-order valence-electron chi connectivity index (χ0n) is 10.1. The number of nitrogens with zero attached hydrogens (tertiary/aromatic N) is 1. The number of thiocarbonyl (C=S) groups is 1. The average molecular weight is 357 g/mol. The van der Waals surface area contributed by atoms with E-state index in [4.69, 9.17) is 29.6 Å². The summed E-state index contributed by atoms with van der Waals surface area (Å²) in [5.41, 5.74) is 8.14. The highest BCUT2D eigenvalue weighted by atomic mass is 79.9. The van der Waals surface area contributed by atoms with Gasteiger partial charge in [0.1, 0.15) is 10.8 Å². The maximum Gasteiger partial charge on any atom is 0.140 e. The number of hydrogen-bond donors (Lipinski definition) is 2. The predicted molar refractivity (Wildman–Crippen MR) is 87.3 cm³/mol. The Morgan fingerprint density at radius 3 is 2.74 bits per heavy atom. The van der Waals surface area contributed by atoms with Crippen molar-refractivity contribution in [3.8, 4) is 0 Å². The Hall–Kier alpha value is -1.17. The van der Waals surface area contributed by atoms with Crippen LogP contribution in [0.5, 0.6) is 0 Å². The minimum absolute atomic E-state index is 0.306. The SMILES string of the molecule is Cc1ccc(C(N)=S)c(Nc2ccc(Cl)cc2Br)n1. The first-order chi connectivity index (χ1) is 8.97. The smallest absolute Gasteiger partial charge is 0.140 e. The van der Waals surface area contributed by atoms with Crippen LogP contribution in [0.25, 0.3) is 0 Å². The Kier molecular flexibility index (Phi) is 4.39. The van der Waals surface area contributed by atoms with Gasteiger partial charge >= 0.3 is 0 Å². The van der Waals surface area contributed by atoms with Crippen molar-refractivity contribution in [3.05, 3.63) is 51.1 Å². The lowest BCUT2D eigenvalue weighted by Crippen LogP contribution is -2.13. The van der Waals surface area contributed by atoms with Crippen molar-refractivity contribution in [1.29, 1.82) is 0 Å². The Morgan fingerprint density at radius 1 is 1.37 bits per heavy atom. The van der Waals surface area contributed by atoms with Gasteiger partial charge in [0.2, 0.25) is 0 Å². The van der Waals surface area contributed by atoms with Crippen LogP contribution in [0.15, 0.2) is 34.8 Å². The molecule has 0 aliphatic rings. The molecule has 1 aromatic heterocycles. The molecule has 0 radical (unpaired) electrons. The summed E-state index contributed by atoms with van der Waals surface area (Å²) in [5.74, 6) is 0.635. The molecule has 0 fully saturated rings. The highest BCUT2D eigenvalue weighted by molar-refractivity contribution is 9.10. The lowest BCUT2D eigenvalue weighted by Gasteiger charge is -2.12. The first-order valence-corrected chi connectivity index (χ1v) is 7.05. The predicted octanol–water partition coefficient (Wildman–Crippen LogP) is 4.18. The van der Waals surface area contributed by atoms with Crippen LogP contribution in [0.4, 0.5) is 11.5 Å². The summed E-state index contributed by atoms with van der Waals surface area (Å²) < 4.78 is 0.845. The van der Waals surface area contributed by atoms with Gasteiger partial charge in [-0.3, -0.25) is 0 Å². The van der Waals surface area contributed by atoms with Gasteiger partial charge in [0.25, 0.3) is 0 Å². The summed E-state index contributed by atoms with van der Waals surface area (Å²) in [7, 11) is 0. The van der Waals surface area contributed by atoms with E-state index in [1.54, 1.807) is 12.1 Å². The third kappa shape index (κ3) is 3.43. The fraction of sp³-hybridized carbons (Fsp3) is 0.0769. The van der Waals surface area contributed by atoms with Gasteiger partial charge in [-0.05, 0) is 53.2 Å². The molecule has 0 aliphatic heterocycles. The molecular formula is C13H11BrClN3S. The van der Waals surface area contributed by atoms with E-state index in [0.717, 1.165) is 15.9 Å². The molecule has 0 atom stereocenters. The number of aryl methyl sites for hydroxylation is 1. The van der Waals surface area contributed by atoms with Crippen LogP contribution in [-0.4, -0.2) is 9.97 Å². The van der Waals surface area contributed by atoms with Crippen molar-refractivity contribution in [2.24, 2.45) is 5.73 Å². The lowest BCUT2D eigenvalue weighted by molar-refractivity contribution is 1.19. The van der Waals surface area contributed by atoms with E-state index in [1.165, 1.54) is 0 Å². The molecule has 6 heteroatoms. The van der Waals surface area contributed by atoms with Crippen LogP contribution in [0.2, 0.25) is 5.02 Å². The summed E-state index contributed by atoms with van der Waals surface area (Å²) in [4.78, 5) is 4.73. The zero-order valence-corrected chi connectivity index (χ0v) is 13.2. The number of halogens is 2. The third-order valence-corrected chi connectivity index (χ3v) is 3.60. The standard InChI is InChI=1S/C13H11BrClN3S/c1-7-2-4-9(12(16)19)13(17-7)18-11-5-3-8(15)6-10(11)14/h2-6H,1H3,(H2,16,19)(H,17,18). The molecule has 1 heterocycles. The first-order valence-electron chi connectivity index (χ1n) is 5.47. The molecule has 0 unspecified atom stereocenters. The zero-order chi connectivity index (χ0) is 14.0. The van der Waals surface area contributed by atoms with E-state index in [9.17, 15) is 0 Å². The Balaban J connectivity index is 2.42. The van der Waals surface area contributed by atoms with E-state index in [0.29, 0.717) is 21.4 Å². The summed E-state index contributed by atoms with van der Waals surface area (Å²) in [6.07, 6.45) is 0. The number of pyridine rings is 1. The maximum absolute atomic E-state index is 5.91. The van der Waals surface area contributed by atoms with Crippen molar-refractivity contribution >= 4 is 56.2 Å². The van der Waals surface area contributed by atoms with Gasteiger partial charge in [0.15, 0.2) is 0 Å². The second-order valence-electron chi connectivity index (χ2n) is 3.96. The Morgan fingerprint density at radius 2 is 2.11 bits per heavy atom. The van der Waals surface area contributed by atoms with E-state index in [-0.39, 0.29) is 0 Å². The largest absolute Gasteiger partial charge is 0.389 e. The fourth-order valence-electron chi connectivity index (χ4n) is 1.57. The molecule has 3 nitrogen and oxygen atoms in total. The highest BCUT2D eigenvalue weighted by Gasteiger charge is 2.09. The van der Waals surface area contributed by atoms with Crippen molar-refractivity contribution in [1.82, 2.24) is 4.98 Å². The molecule has 0 amide bonds. The normalized spacial score (nSPS) is 10.3.